The second-order valence-electron chi connectivity index (χ2n) is 7.40. The van der Waals surface area contributed by atoms with Crippen molar-refractivity contribution in [3.63, 3.8) is 0 Å². The van der Waals surface area contributed by atoms with Gasteiger partial charge in [0.25, 0.3) is 0 Å². The van der Waals surface area contributed by atoms with Crippen LogP contribution in [0, 0.1) is 18.8 Å². The van der Waals surface area contributed by atoms with Crippen LogP contribution in [0.4, 0.5) is 0 Å². The maximum atomic E-state index is 13.3. The number of hydrogen-bond acceptors (Lipinski definition) is 4. The fourth-order valence-corrected chi connectivity index (χ4v) is 9.36. The van der Waals surface area contributed by atoms with E-state index in [1.165, 1.54) is 11.4 Å². The molecule has 2 aromatic rings. The predicted octanol–water partition coefficient (Wildman–Crippen LogP) is 2.00. The third-order valence-corrected chi connectivity index (χ3v) is 10.5. The average molecular weight is 464 g/mol. The van der Waals surface area contributed by atoms with Crippen molar-refractivity contribution in [2.24, 2.45) is 11.8 Å². The molecule has 2 heterocycles. The van der Waals surface area contributed by atoms with Crippen LogP contribution in [0.5, 0.6) is 0 Å². The van der Waals surface area contributed by atoms with Gasteiger partial charge in [-0.2, -0.15) is 0 Å². The third kappa shape index (κ3) is 3.52. The Morgan fingerprint density at radius 1 is 1.14 bits per heavy atom. The van der Waals surface area contributed by atoms with E-state index in [2.05, 4.69) is 12.1 Å². The number of carbonyl (C=O) groups is 1. The average Bonchev–Trinajstić information content (AvgIpc) is 3.24. The van der Waals surface area contributed by atoms with Crippen molar-refractivity contribution in [1.29, 1.82) is 0 Å². The molecule has 148 valence electrons. The molecule has 0 spiro atoms. The molecule has 0 unspecified atom stereocenters. The van der Waals surface area contributed by atoms with E-state index >= 15 is 0 Å². The standard InChI is InChI=1S/C21H23NO4SSe/c1-14-8-10-16(11-9-14)27(24,25)22-12-18-19(13-26-15(2)23)20(22)21(18)28-17-6-4-3-5-7-17/h3-11,18-21H,12-13H2,1-2H3/t18-,19+,20+,21-/m1/s1. The fourth-order valence-electron chi connectivity index (χ4n) is 4.15. The minimum atomic E-state index is -3.56. The molecule has 0 N–H and O–H groups in total. The molecule has 28 heavy (non-hydrogen) atoms. The van der Waals surface area contributed by atoms with Gasteiger partial charge in [-0.3, -0.25) is 0 Å². The van der Waals surface area contributed by atoms with Crippen molar-refractivity contribution >= 4 is 35.4 Å². The van der Waals surface area contributed by atoms with Crippen molar-refractivity contribution in [1.82, 2.24) is 4.31 Å². The first-order chi connectivity index (χ1) is 13.4. The molecule has 5 rings (SSSR count). The number of fused-ring (bicyclic) bond motifs is 1. The summed E-state index contributed by atoms with van der Waals surface area (Å²) in [6.07, 6.45) is 0. The van der Waals surface area contributed by atoms with Crippen molar-refractivity contribution in [2.45, 2.75) is 29.6 Å². The second-order valence-corrected chi connectivity index (χ2v) is 11.9. The van der Waals surface area contributed by atoms with Gasteiger partial charge in [0.05, 0.1) is 0 Å². The van der Waals surface area contributed by atoms with Gasteiger partial charge in [-0.1, -0.05) is 0 Å². The van der Waals surface area contributed by atoms with Crippen LogP contribution in [-0.2, 0) is 19.6 Å². The van der Waals surface area contributed by atoms with E-state index in [4.69, 9.17) is 4.74 Å². The van der Waals surface area contributed by atoms with Gasteiger partial charge in [0.1, 0.15) is 0 Å². The molecule has 3 fully saturated rings. The van der Waals surface area contributed by atoms with Gasteiger partial charge in [-0.25, -0.2) is 0 Å². The number of hydrogen-bond donors (Lipinski definition) is 0. The summed E-state index contributed by atoms with van der Waals surface area (Å²) in [5.74, 6) is 0.00820. The summed E-state index contributed by atoms with van der Waals surface area (Å²) in [4.78, 5) is 11.9. The van der Waals surface area contributed by atoms with Crippen LogP contribution in [-0.4, -0.2) is 52.8 Å². The zero-order valence-corrected chi connectivity index (χ0v) is 18.3. The molecule has 0 radical (unpaired) electrons. The Hall–Kier alpha value is -1.66. The minimum absolute atomic E-state index is 0.0831. The van der Waals surface area contributed by atoms with Crippen molar-refractivity contribution in [3.05, 3.63) is 60.2 Å². The first-order valence-electron chi connectivity index (χ1n) is 9.31. The first-order valence-corrected chi connectivity index (χ1v) is 12.6. The van der Waals surface area contributed by atoms with Crippen LogP contribution in [0.3, 0.4) is 0 Å². The Labute approximate surface area is 172 Å². The van der Waals surface area contributed by atoms with Gasteiger partial charge < -0.3 is 0 Å². The normalized spacial score (nSPS) is 26.6. The molecule has 2 saturated heterocycles. The molecular formula is C21H23NO4SSe. The summed E-state index contributed by atoms with van der Waals surface area (Å²) < 4.78 is 34.8. The molecule has 2 bridgehead atoms. The van der Waals surface area contributed by atoms with Crippen LogP contribution >= 0.6 is 0 Å². The SMILES string of the molecule is CC(=O)OC[C@H]1[C@H]2CN(S(=O)(=O)c3ccc(C)cc3)[C@@H]1[C@@H]2[Se]c1ccccc1. The summed E-state index contributed by atoms with van der Waals surface area (Å²) in [5.41, 5.74) is 1.03. The quantitative estimate of drug-likeness (QED) is 0.485. The third-order valence-electron chi connectivity index (χ3n) is 5.59. The molecule has 1 saturated carbocycles. The molecule has 0 aromatic heterocycles. The van der Waals surface area contributed by atoms with Crippen molar-refractivity contribution in [3.8, 4) is 0 Å². The molecule has 0 amide bonds. The molecular weight excluding hydrogens is 441 g/mol. The summed E-state index contributed by atoms with van der Waals surface area (Å²) >= 11 is 0.181. The molecule has 1 aliphatic carbocycles. The van der Waals surface area contributed by atoms with Crippen LogP contribution in [0.2, 0.25) is 4.82 Å². The maximum absolute atomic E-state index is 13.3. The van der Waals surface area contributed by atoms with E-state index in [9.17, 15) is 13.2 Å². The topological polar surface area (TPSA) is 63.7 Å². The molecule has 5 nitrogen and oxygen atoms in total. The van der Waals surface area contributed by atoms with Crippen LogP contribution in [0.1, 0.15) is 12.5 Å². The zero-order valence-electron chi connectivity index (χ0n) is 15.8. The number of nitrogens with zero attached hydrogens (tertiary/aromatic N) is 1. The Morgan fingerprint density at radius 3 is 2.46 bits per heavy atom. The monoisotopic (exact) mass is 465 g/mol. The number of rotatable bonds is 6. The van der Waals surface area contributed by atoms with Gasteiger partial charge in [-0.15, -0.1) is 0 Å². The number of sulfonamides is 1. The summed E-state index contributed by atoms with van der Waals surface area (Å²) in [6, 6.07) is 17.2. The number of ether oxygens (including phenoxy) is 1. The Bertz CT molecular complexity index is 962. The fraction of sp³-hybridized carbons (Fsp3) is 0.381. The summed E-state index contributed by atoms with van der Waals surface area (Å²) in [7, 11) is -3.56. The molecule has 7 heteroatoms. The van der Waals surface area contributed by atoms with Gasteiger partial charge in [-0.05, 0) is 0 Å². The van der Waals surface area contributed by atoms with E-state index in [1.54, 1.807) is 16.4 Å². The Kier molecular flexibility index (Phi) is 5.36. The van der Waals surface area contributed by atoms with E-state index in [0.29, 0.717) is 22.9 Å². The molecule has 4 atom stereocenters. The van der Waals surface area contributed by atoms with E-state index in [1.807, 2.05) is 37.3 Å². The second kappa shape index (κ2) is 7.64. The molecule has 2 aliphatic heterocycles. The Morgan fingerprint density at radius 2 is 1.82 bits per heavy atom. The number of carbonyl (C=O) groups excluding carboxylic acids is 1. The van der Waals surface area contributed by atoms with Crippen LogP contribution in [0.25, 0.3) is 0 Å². The number of aryl methyl sites for hydroxylation is 1. The Balaban J connectivity index is 1.59. The number of benzene rings is 2. The summed E-state index contributed by atoms with van der Waals surface area (Å²) in [6.45, 7) is 4.14. The van der Waals surface area contributed by atoms with E-state index < -0.39 is 10.0 Å². The van der Waals surface area contributed by atoms with E-state index in [-0.39, 0.29) is 38.8 Å². The zero-order chi connectivity index (χ0) is 19.9. The molecule has 2 aromatic carbocycles. The van der Waals surface area contributed by atoms with Gasteiger partial charge >= 0.3 is 172 Å². The van der Waals surface area contributed by atoms with Crippen LogP contribution in [0.15, 0.2) is 59.5 Å². The number of esters is 1. The van der Waals surface area contributed by atoms with Crippen LogP contribution < -0.4 is 4.46 Å². The van der Waals surface area contributed by atoms with Gasteiger partial charge in [0, 0.05) is 0 Å². The van der Waals surface area contributed by atoms with Gasteiger partial charge in [0.15, 0.2) is 0 Å². The van der Waals surface area contributed by atoms with Crippen molar-refractivity contribution in [2.75, 3.05) is 13.2 Å². The van der Waals surface area contributed by atoms with E-state index in [0.717, 1.165) is 5.56 Å². The molecule has 3 aliphatic rings. The predicted molar refractivity (Wildman–Crippen MR) is 108 cm³/mol. The van der Waals surface area contributed by atoms with Gasteiger partial charge in [0.2, 0.25) is 0 Å². The first kappa shape index (κ1) is 19.6. The van der Waals surface area contributed by atoms with Crippen molar-refractivity contribution < 1.29 is 17.9 Å². The summed E-state index contributed by atoms with van der Waals surface area (Å²) in [5, 5.41) is 0.